The maximum atomic E-state index is 6.57. The van der Waals surface area contributed by atoms with Crippen LogP contribution in [0.1, 0.15) is 40.3 Å². The van der Waals surface area contributed by atoms with Gasteiger partial charge in [-0.1, -0.05) is 42.5 Å². The molecule has 0 bridgehead atoms. The van der Waals surface area contributed by atoms with Crippen LogP contribution in [0.5, 0.6) is 0 Å². The highest BCUT2D eigenvalue weighted by molar-refractivity contribution is 5.38. The van der Waals surface area contributed by atoms with E-state index in [0.717, 1.165) is 12.8 Å². The molecule has 2 aliphatic carbocycles. The van der Waals surface area contributed by atoms with Gasteiger partial charge in [-0.15, -0.1) is 0 Å². The zero-order chi connectivity index (χ0) is 13.5. The molecule has 0 aliphatic heterocycles. The van der Waals surface area contributed by atoms with Crippen molar-refractivity contribution in [1.82, 2.24) is 0 Å². The van der Waals surface area contributed by atoms with Crippen molar-refractivity contribution in [3.05, 3.63) is 70.3 Å². The van der Waals surface area contributed by atoms with E-state index in [4.69, 9.17) is 5.73 Å². The maximum Gasteiger partial charge on any atom is 0.0330 e. The summed E-state index contributed by atoms with van der Waals surface area (Å²) in [5.41, 5.74) is 14.0. The van der Waals surface area contributed by atoms with Gasteiger partial charge in [-0.05, 0) is 65.8 Å². The molecular weight excluding hydrogens is 242 g/mol. The summed E-state index contributed by atoms with van der Waals surface area (Å²) < 4.78 is 0. The number of hydrogen-bond acceptors (Lipinski definition) is 1. The monoisotopic (exact) mass is 263 g/mol. The lowest BCUT2D eigenvalue weighted by Crippen LogP contribution is -2.22. The minimum Gasteiger partial charge on any atom is -0.324 e. The largest absolute Gasteiger partial charge is 0.324 e. The summed E-state index contributed by atoms with van der Waals surface area (Å²) in [5.74, 6) is 0.562. The molecule has 0 spiro atoms. The first kappa shape index (κ1) is 12.2. The molecule has 1 atom stereocenters. The van der Waals surface area contributed by atoms with Crippen molar-refractivity contribution >= 4 is 0 Å². The van der Waals surface area contributed by atoms with E-state index in [1.54, 1.807) is 0 Å². The molecule has 0 radical (unpaired) electrons. The molecule has 2 aromatic rings. The second-order valence-corrected chi connectivity index (χ2v) is 6.34. The summed E-state index contributed by atoms with van der Waals surface area (Å²) >= 11 is 0. The van der Waals surface area contributed by atoms with E-state index in [1.165, 1.54) is 47.1 Å². The fourth-order valence-electron chi connectivity index (χ4n) is 3.92. The number of aryl methyl sites for hydroxylation is 2. The molecule has 0 amide bonds. The molecule has 0 fully saturated rings. The van der Waals surface area contributed by atoms with Crippen LogP contribution >= 0.6 is 0 Å². The Hall–Kier alpha value is -1.60. The van der Waals surface area contributed by atoms with Gasteiger partial charge in [0.2, 0.25) is 0 Å². The topological polar surface area (TPSA) is 26.0 Å². The highest BCUT2D eigenvalue weighted by atomic mass is 14.7. The highest BCUT2D eigenvalue weighted by Gasteiger charge is 2.27. The van der Waals surface area contributed by atoms with Crippen LogP contribution in [0.3, 0.4) is 0 Å². The predicted molar refractivity (Wildman–Crippen MR) is 82.7 cm³/mol. The fourth-order valence-corrected chi connectivity index (χ4v) is 3.92. The molecule has 1 heteroatoms. The molecule has 0 saturated heterocycles. The van der Waals surface area contributed by atoms with Gasteiger partial charge in [0, 0.05) is 6.04 Å². The van der Waals surface area contributed by atoms with Crippen LogP contribution < -0.4 is 5.73 Å². The number of rotatable bonds is 2. The Labute approximate surface area is 120 Å². The maximum absolute atomic E-state index is 6.57. The minimum atomic E-state index is 0.174. The van der Waals surface area contributed by atoms with E-state index in [9.17, 15) is 0 Å². The number of benzene rings is 2. The molecule has 0 aromatic heterocycles. The summed E-state index contributed by atoms with van der Waals surface area (Å²) in [6, 6.07) is 15.9. The Kier molecular flexibility index (Phi) is 2.89. The molecule has 1 unspecified atom stereocenters. The molecule has 2 aromatic carbocycles. The van der Waals surface area contributed by atoms with Crippen LogP contribution in [-0.2, 0) is 25.7 Å². The summed E-state index contributed by atoms with van der Waals surface area (Å²) in [5, 5.41) is 0. The van der Waals surface area contributed by atoms with Crippen LogP contribution in [0.4, 0.5) is 0 Å². The lowest BCUT2D eigenvalue weighted by atomic mass is 9.90. The fraction of sp³-hybridized carbons (Fsp3) is 0.368. The van der Waals surface area contributed by atoms with Crippen LogP contribution in [0.25, 0.3) is 0 Å². The predicted octanol–water partition coefficient (Wildman–Crippen LogP) is 3.59. The number of nitrogens with two attached hydrogens (primary N) is 1. The van der Waals surface area contributed by atoms with Crippen molar-refractivity contribution in [2.45, 2.75) is 38.1 Å². The Balaban J connectivity index is 1.58. The third-order valence-corrected chi connectivity index (χ3v) is 5.10. The summed E-state index contributed by atoms with van der Waals surface area (Å²) in [7, 11) is 0. The Morgan fingerprint density at radius 1 is 0.850 bits per heavy atom. The first-order valence-corrected chi connectivity index (χ1v) is 7.75. The third-order valence-electron chi connectivity index (χ3n) is 5.10. The van der Waals surface area contributed by atoms with Gasteiger partial charge in [-0.2, -0.15) is 0 Å². The first-order valence-electron chi connectivity index (χ1n) is 7.75. The number of hydrogen-bond donors (Lipinski definition) is 1. The normalized spacial score (nSPS) is 18.9. The van der Waals surface area contributed by atoms with Crippen molar-refractivity contribution < 1.29 is 0 Å². The quantitative estimate of drug-likeness (QED) is 0.880. The zero-order valence-corrected chi connectivity index (χ0v) is 11.8. The van der Waals surface area contributed by atoms with Crippen LogP contribution in [-0.4, -0.2) is 0 Å². The molecule has 0 heterocycles. The molecule has 2 aliphatic rings. The van der Waals surface area contributed by atoms with Gasteiger partial charge in [0.25, 0.3) is 0 Å². The van der Waals surface area contributed by atoms with Gasteiger partial charge in [0.1, 0.15) is 0 Å². The third kappa shape index (κ3) is 1.97. The van der Waals surface area contributed by atoms with Crippen LogP contribution in [0.2, 0.25) is 0 Å². The molecule has 1 nitrogen and oxygen atoms in total. The Morgan fingerprint density at radius 2 is 1.55 bits per heavy atom. The lowest BCUT2D eigenvalue weighted by Gasteiger charge is -2.20. The Bertz CT molecular complexity index is 619. The van der Waals surface area contributed by atoms with E-state index < -0.39 is 0 Å². The first-order chi connectivity index (χ1) is 9.81. The average Bonchev–Trinajstić information content (AvgIpc) is 3.11. The van der Waals surface area contributed by atoms with Gasteiger partial charge in [-0.25, -0.2) is 0 Å². The molecule has 4 rings (SSSR count). The van der Waals surface area contributed by atoms with Gasteiger partial charge in [-0.3, -0.25) is 0 Å². The van der Waals surface area contributed by atoms with Gasteiger partial charge < -0.3 is 5.73 Å². The second kappa shape index (κ2) is 4.75. The van der Waals surface area contributed by atoms with E-state index in [1.807, 2.05) is 0 Å². The van der Waals surface area contributed by atoms with Crippen molar-refractivity contribution in [3.8, 4) is 0 Å². The highest BCUT2D eigenvalue weighted by Crippen LogP contribution is 2.35. The Morgan fingerprint density at radius 3 is 2.30 bits per heavy atom. The molecule has 2 N–H and O–H groups in total. The summed E-state index contributed by atoms with van der Waals surface area (Å²) in [4.78, 5) is 0. The van der Waals surface area contributed by atoms with Gasteiger partial charge in [0.15, 0.2) is 0 Å². The molecule has 0 saturated carbocycles. The van der Waals surface area contributed by atoms with Crippen LogP contribution in [0, 0.1) is 5.92 Å². The van der Waals surface area contributed by atoms with E-state index in [2.05, 4.69) is 42.5 Å². The smallest absolute Gasteiger partial charge is 0.0330 e. The van der Waals surface area contributed by atoms with E-state index in [-0.39, 0.29) is 6.04 Å². The molecule has 102 valence electrons. The van der Waals surface area contributed by atoms with E-state index >= 15 is 0 Å². The SMILES string of the molecule is NC(c1ccc2c(c1)CCC2)C1Cc2ccccc2C1. The lowest BCUT2D eigenvalue weighted by molar-refractivity contribution is 0.453. The summed E-state index contributed by atoms with van der Waals surface area (Å²) in [6.07, 6.45) is 6.06. The van der Waals surface area contributed by atoms with Crippen molar-refractivity contribution in [2.24, 2.45) is 11.7 Å². The standard InChI is InChI=1S/C19H21N/c20-19(17-9-8-13-6-3-7-14(13)10-17)18-11-15-4-1-2-5-16(15)12-18/h1-2,4-5,8-10,18-19H,3,6-7,11-12,20H2. The van der Waals surface area contributed by atoms with Gasteiger partial charge >= 0.3 is 0 Å². The van der Waals surface area contributed by atoms with Crippen LogP contribution in [0.15, 0.2) is 42.5 Å². The molecular formula is C19H21N. The molecule has 20 heavy (non-hydrogen) atoms. The second-order valence-electron chi connectivity index (χ2n) is 6.34. The zero-order valence-electron chi connectivity index (χ0n) is 11.8. The minimum absolute atomic E-state index is 0.174. The van der Waals surface area contributed by atoms with E-state index in [0.29, 0.717) is 5.92 Å². The van der Waals surface area contributed by atoms with Crippen molar-refractivity contribution in [1.29, 1.82) is 0 Å². The van der Waals surface area contributed by atoms with Gasteiger partial charge in [0.05, 0.1) is 0 Å². The van der Waals surface area contributed by atoms with Crippen molar-refractivity contribution in [2.75, 3.05) is 0 Å². The number of fused-ring (bicyclic) bond motifs is 2. The average molecular weight is 263 g/mol. The van der Waals surface area contributed by atoms with Crippen molar-refractivity contribution in [3.63, 3.8) is 0 Å². The summed E-state index contributed by atoms with van der Waals surface area (Å²) in [6.45, 7) is 0.